The van der Waals surface area contributed by atoms with E-state index in [0.717, 1.165) is 11.3 Å². The van der Waals surface area contributed by atoms with Crippen LogP contribution in [-0.4, -0.2) is 4.57 Å². The third-order valence-corrected chi connectivity index (χ3v) is 2.97. The van der Waals surface area contributed by atoms with Crippen LogP contribution in [0.15, 0.2) is 48.2 Å². The number of hydrogen-bond acceptors (Lipinski definition) is 3. The Bertz CT molecular complexity index is 774. The van der Waals surface area contributed by atoms with Crippen LogP contribution in [0.25, 0.3) is 16.8 Å². The molecule has 94 valence electrons. The Morgan fingerprint density at radius 1 is 0.950 bits per heavy atom. The van der Waals surface area contributed by atoms with Gasteiger partial charge in [0.05, 0.1) is 11.3 Å². The zero-order chi connectivity index (χ0) is 14.5. The summed E-state index contributed by atoms with van der Waals surface area (Å²) in [5.41, 5.74) is 2.27. The second-order valence-electron chi connectivity index (χ2n) is 4.14. The molecule has 0 N–H and O–H groups in total. The second-order valence-corrected chi connectivity index (χ2v) is 4.14. The van der Waals surface area contributed by atoms with Gasteiger partial charge in [0.1, 0.15) is 23.8 Å². The maximum absolute atomic E-state index is 9.27. The van der Waals surface area contributed by atoms with Gasteiger partial charge in [-0.2, -0.15) is 15.8 Å². The highest BCUT2D eigenvalue weighted by atomic mass is 14.9. The summed E-state index contributed by atoms with van der Waals surface area (Å²) in [6, 6.07) is 16.8. The molecule has 0 amide bonds. The van der Waals surface area contributed by atoms with Crippen molar-refractivity contribution in [3.63, 3.8) is 0 Å². The fourth-order valence-electron chi connectivity index (χ4n) is 2.07. The van der Waals surface area contributed by atoms with Gasteiger partial charge >= 0.3 is 0 Å². The summed E-state index contributed by atoms with van der Waals surface area (Å²) in [6.45, 7) is 0. The van der Waals surface area contributed by atoms with Gasteiger partial charge in [0.2, 0.25) is 0 Å². The van der Waals surface area contributed by atoms with Gasteiger partial charge in [-0.25, -0.2) is 0 Å². The van der Waals surface area contributed by atoms with Crippen LogP contribution in [0.1, 0.15) is 5.56 Å². The topological polar surface area (TPSA) is 76.3 Å². The first-order valence-corrected chi connectivity index (χ1v) is 5.88. The predicted octanol–water partition coefficient (Wildman–Crippen LogP) is 3.02. The number of rotatable bonds is 2. The lowest BCUT2D eigenvalue weighted by molar-refractivity contribution is 0.936. The molecule has 2 aromatic rings. The van der Waals surface area contributed by atoms with Gasteiger partial charge in [0, 0.05) is 18.8 Å². The van der Waals surface area contributed by atoms with E-state index in [0.29, 0.717) is 5.56 Å². The molecule has 0 aliphatic carbocycles. The van der Waals surface area contributed by atoms with E-state index in [9.17, 15) is 5.26 Å². The molecule has 4 heteroatoms. The standard InChI is InChI=1S/C16H10N4/c1-20-8-7-14(15(11-19)13(9-17)10-18)16(20)12-5-3-2-4-6-12/h2-8H,1H3. The maximum atomic E-state index is 9.27. The largest absolute Gasteiger partial charge is 0.350 e. The number of nitrogens with zero attached hydrogens (tertiary/aromatic N) is 4. The summed E-state index contributed by atoms with van der Waals surface area (Å²) in [7, 11) is 1.86. The Kier molecular flexibility index (Phi) is 3.66. The molecule has 0 aliphatic rings. The summed E-state index contributed by atoms with van der Waals surface area (Å²) in [6.07, 6.45) is 1.81. The SMILES string of the molecule is Cn1ccc(C(C#N)=C(C#N)C#N)c1-c1ccccc1. The summed E-state index contributed by atoms with van der Waals surface area (Å²) in [5, 5.41) is 27.2. The van der Waals surface area contributed by atoms with Crippen molar-refractivity contribution in [2.24, 2.45) is 7.05 Å². The third kappa shape index (κ3) is 2.17. The van der Waals surface area contributed by atoms with Crippen molar-refractivity contribution in [1.29, 1.82) is 15.8 Å². The van der Waals surface area contributed by atoms with Crippen LogP contribution in [0.4, 0.5) is 0 Å². The smallest absolute Gasteiger partial charge is 0.148 e. The highest BCUT2D eigenvalue weighted by Crippen LogP contribution is 2.30. The van der Waals surface area contributed by atoms with Gasteiger partial charge in [0.15, 0.2) is 0 Å². The zero-order valence-electron chi connectivity index (χ0n) is 10.8. The molecule has 0 radical (unpaired) electrons. The van der Waals surface area contributed by atoms with Crippen LogP contribution in [0.3, 0.4) is 0 Å². The Hall–Kier alpha value is -3.29. The molecule has 0 saturated heterocycles. The first kappa shape index (κ1) is 13.1. The average molecular weight is 258 g/mol. The third-order valence-electron chi connectivity index (χ3n) is 2.97. The fraction of sp³-hybridized carbons (Fsp3) is 0.0625. The molecule has 4 nitrogen and oxygen atoms in total. The number of benzene rings is 1. The van der Waals surface area contributed by atoms with Crippen molar-refractivity contribution >= 4 is 5.57 Å². The van der Waals surface area contributed by atoms with Gasteiger partial charge in [-0.1, -0.05) is 30.3 Å². The van der Waals surface area contributed by atoms with Crippen LogP contribution in [0, 0.1) is 34.0 Å². The Morgan fingerprint density at radius 2 is 1.60 bits per heavy atom. The minimum Gasteiger partial charge on any atom is -0.350 e. The molecule has 0 aliphatic heterocycles. The Morgan fingerprint density at radius 3 is 2.15 bits per heavy atom. The van der Waals surface area contributed by atoms with Crippen LogP contribution in [-0.2, 0) is 7.05 Å². The van der Waals surface area contributed by atoms with Crippen molar-refractivity contribution in [2.75, 3.05) is 0 Å². The average Bonchev–Trinajstić information content (AvgIpc) is 2.87. The normalized spacial score (nSPS) is 9.10. The zero-order valence-corrected chi connectivity index (χ0v) is 10.8. The van der Waals surface area contributed by atoms with Gasteiger partial charge < -0.3 is 4.57 Å². The molecule has 0 spiro atoms. The van der Waals surface area contributed by atoms with Crippen LogP contribution >= 0.6 is 0 Å². The van der Waals surface area contributed by atoms with E-state index in [1.54, 1.807) is 24.4 Å². The molecule has 0 bridgehead atoms. The van der Waals surface area contributed by atoms with E-state index in [-0.39, 0.29) is 11.1 Å². The van der Waals surface area contributed by atoms with Gasteiger partial charge in [-0.3, -0.25) is 0 Å². The molecule has 1 heterocycles. The monoisotopic (exact) mass is 258 g/mol. The van der Waals surface area contributed by atoms with Crippen molar-refractivity contribution in [1.82, 2.24) is 4.57 Å². The molecule has 1 aromatic heterocycles. The van der Waals surface area contributed by atoms with Crippen LogP contribution in [0.2, 0.25) is 0 Å². The van der Waals surface area contributed by atoms with Crippen LogP contribution < -0.4 is 0 Å². The van der Waals surface area contributed by atoms with Crippen molar-refractivity contribution in [3.05, 3.63) is 53.7 Å². The minimum atomic E-state index is -0.170. The lowest BCUT2D eigenvalue weighted by Gasteiger charge is -2.07. The number of nitriles is 3. The maximum Gasteiger partial charge on any atom is 0.148 e. The van der Waals surface area contributed by atoms with E-state index in [1.165, 1.54) is 0 Å². The molecule has 0 fully saturated rings. The molecule has 0 atom stereocenters. The molecular formula is C16H10N4. The van der Waals surface area contributed by atoms with Crippen molar-refractivity contribution in [2.45, 2.75) is 0 Å². The summed E-state index contributed by atoms with van der Waals surface area (Å²) < 4.78 is 1.87. The molecule has 2 rings (SSSR count). The van der Waals surface area contributed by atoms with Gasteiger partial charge in [-0.05, 0) is 11.6 Å². The summed E-state index contributed by atoms with van der Waals surface area (Å²) in [4.78, 5) is 0. The first-order valence-electron chi connectivity index (χ1n) is 5.88. The van der Waals surface area contributed by atoms with Crippen LogP contribution in [0.5, 0.6) is 0 Å². The number of allylic oxidation sites excluding steroid dienone is 2. The molecular weight excluding hydrogens is 248 g/mol. The molecule has 1 aromatic carbocycles. The second kappa shape index (κ2) is 5.57. The highest BCUT2D eigenvalue weighted by molar-refractivity contribution is 5.90. The van der Waals surface area contributed by atoms with Gasteiger partial charge in [-0.15, -0.1) is 0 Å². The Labute approximate surface area is 117 Å². The first-order chi connectivity index (χ1) is 9.72. The molecule has 0 unspecified atom stereocenters. The minimum absolute atomic E-state index is 0.106. The predicted molar refractivity (Wildman–Crippen MR) is 74.6 cm³/mol. The van der Waals surface area contributed by atoms with E-state index in [4.69, 9.17) is 10.5 Å². The number of hydrogen-bond donors (Lipinski definition) is 0. The number of aromatic nitrogens is 1. The summed E-state index contributed by atoms with van der Waals surface area (Å²) in [5.74, 6) is 0. The Balaban J connectivity index is 2.75. The quantitative estimate of drug-likeness (QED) is 0.777. The lowest BCUT2D eigenvalue weighted by Crippen LogP contribution is -1.94. The highest BCUT2D eigenvalue weighted by Gasteiger charge is 2.16. The number of aryl methyl sites for hydroxylation is 1. The van der Waals surface area contributed by atoms with E-state index in [2.05, 4.69) is 0 Å². The molecule has 0 saturated carbocycles. The van der Waals surface area contributed by atoms with E-state index < -0.39 is 0 Å². The van der Waals surface area contributed by atoms with Crippen molar-refractivity contribution < 1.29 is 0 Å². The lowest BCUT2D eigenvalue weighted by atomic mass is 9.99. The summed E-state index contributed by atoms with van der Waals surface area (Å²) >= 11 is 0. The van der Waals surface area contributed by atoms with E-state index >= 15 is 0 Å². The van der Waals surface area contributed by atoms with Gasteiger partial charge in [0.25, 0.3) is 0 Å². The molecule has 20 heavy (non-hydrogen) atoms. The van der Waals surface area contributed by atoms with E-state index in [1.807, 2.05) is 48.0 Å². The van der Waals surface area contributed by atoms with Crippen molar-refractivity contribution in [3.8, 4) is 29.5 Å². The fourth-order valence-corrected chi connectivity index (χ4v) is 2.07.